The number of hydrogen-bond acceptors (Lipinski definition) is 3. The molecule has 1 heterocycles. The third-order valence-corrected chi connectivity index (χ3v) is 2.80. The lowest BCUT2D eigenvalue weighted by molar-refractivity contribution is 0.589. The third kappa shape index (κ3) is 2.84. The van der Waals surface area contributed by atoms with Gasteiger partial charge in [-0.15, -0.1) is 0 Å². The summed E-state index contributed by atoms with van der Waals surface area (Å²) in [4.78, 5) is 2.41. The monoisotopic (exact) mass is 217 g/mol. The fraction of sp³-hybridized carbons (Fsp3) is 0.385. The Bertz CT molecular complexity index is 354. The van der Waals surface area contributed by atoms with E-state index in [1.165, 1.54) is 11.3 Å². The van der Waals surface area contributed by atoms with Crippen molar-refractivity contribution < 1.29 is 0 Å². The average molecular weight is 217 g/mol. The van der Waals surface area contributed by atoms with Gasteiger partial charge in [0.1, 0.15) is 0 Å². The van der Waals surface area contributed by atoms with Crippen molar-refractivity contribution in [3.8, 4) is 0 Å². The van der Waals surface area contributed by atoms with Gasteiger partial charge in [0.25, 0.3) is 0 Å². The first-order chi connectivity index (χ1) is 7.90. The zero-order valence-electron chi connectivity index (χ0n) is 9.52. The highest BCUT2D eigenvalue weighted by Gasteiger charge is 2.09. The summed E-state index contributed by atoms with van der Waals surface area (Å²) in [6.45, 7) is 4.91. The fourth-order valence-corrected chi connectivity index (χ4v) is 1.95. The molecule has 0 amide bonds. The van der Waals surface area contributed by atoms with Crippen LogP contribution in [0, 0.1) is 0 Å². The Morgan fingerprint density at radius 2 is 2.12 bits per heavy atom. The molecule has 2 rings (SSSR count). The summed E-state index contributed by atoms with van der Waals surface area (Å²) >= 11 is 0. The molecule has 3 N–H and O–H groups in total. The van der Waals surface area contributed by atoms with Gasteiger partial charge in [-0.3, -0.25) is 0 Å². The first kappa shape index (κ1) is 11.2. The van der Waals surface area contributed by atoms with Gasteiger partial charge in [0, 0.05) is 38.4 Å². The SMILES string of the molecule is NCC=Cc1cccc(N2CCNCC2)c1. The van der Waals surface area contributed by atoms with Gasteiger partial charge in [-0.25, -0.2) is 0 Å². The van der Waals surface area contributed by atoms with E-state index in [0.717, 1.165) is 26.2 Å². The molecule has 1 aromatic rings. The smallest absolute Gasteiger partial charge is 0.0373 e. The van der Waals surface area contributed by atoms with E-state index in [4.69, 9.17) is 5.73 Å². The van der Waals surface area contributed by atoms with Crippen LogP contribution in [0.2, 0.25) is 0 Å². The third-order valence-electron chi connectivity index (χ3n) is 2.80. The highest BCUT2D eigenvalue weighted by Crippen LogP contribution is 2.17. The van der Waals surface area contributed by atoms with Gasteiger partial charge < -0.3 is 16.0 Å². The van der Waals surface area contributed by atoms with Crippen LogP contribution >= 0.6 is 0 Å². The largest absolute Gasteiger partial charge is 0.369 e. The normalized spacial score (nSPS) is 16.9. The molecule has 1 aliphatic heterocycles. The zero-order valence-corrected chi connectivity index (χ0v) is 9.52. The van der Waals surface area contributed by atoms with E-state index in [2.05, 4.69) is 40.6 Å². The van der Waals surface area contributed by atoms with E-state index >= 15 is 0 Å². The molecule has 0 spiro atoms. The summed E-state index contributed by atoms with van der Waals surface area (Å²) in [6, 6.07) is 8.61. The first-order valence-electron chi connectivity index (χ1n) is 5.82. The lowest BCUT2D eigenvalue weighted by Gasteiger charge is -2.29. The van der Waals surface area contributed by atoms with Crippen molar-refractivity contribution in [3.63, 3.8) is 0 Å². The molecule has 0 bridgehead atoms. The maximum atomic E-state index is 5.45. The maximum absolute atomic E-state index is 5.45. The summed E-state index contributed by atoms with van der Waals surface area (Å²) in [6.07, 6.45) is 4.06. The van der Waals surface area contributed by atoms with Gasteiger partial charge in [0.05, 0.1) is 0 Å². The lowest BCUT2D eigenvalue weighted by atomic mass is 10.1. The number of nitrogens with zero attached hydrogens (tertiary/aromatic N) is 1. The molecule has 0 saturated carbocycles. The first-order valence-corrected chi connectivity index (χ1v) is 5.82. The molecular weight excluding hydrogens is 198 g/mol. The molecule has 1 fully saturated rings. The molecule has 0 aromatic heterocycles. The van der Waals surface area contributed by atoms with E-state index < -0.39 is 0 Å². The van der Waals surface area contributed by atoms with Crippen LogP contribution in [0.4, 0.5) is 5.69 Å². The van der Waals surface area contributed by atoms with Crippen molar-refractivity contribution in [1.82, 2.24) is 5.32 Å². The van der Waals surface area contributed by atoms with E-state index in [9.17, 15) is 0 Å². The summed E-state index contributed by atoms with van der Waals surface area (Å²) < 4.78 is 0. The molecule has 3 nitrogen and oxygen atoms in total. The minimum atomic E-state index is 0.595. The number of nitrogens with two attached hydrogens (primary N) is 1. The second-order valence-electron chi connectivity index (χ2n) is 3.97. The Labute approximate surface area is 96.9 Å². The molecule has 16 heavy (non-hydrogen) atoms. The Kier molecular flexibility index (Phi) is 3.97. The fourth-order valence-electron chi connectivity index (χ4n) is 1.95. The van der Waals surface area contributed by atoms with Crippen LogP contribution in [0.15, 0.2) is 30.3 Å². The van der Waals surface area contributed by atoms with Crippen LogP contribution < -0.4 is 16.0 Å². The van der Waals surface area contributed by atoms with Crippen LogP contribution in [0.1, 0.15) is 5.56 Å². The minimum Gasteiger partial charge on any atom is -0.369 e. The predicted octanol–water partition coefficient (Wildman–Crippen LogP) is 1.07. The molecule has 1 saturated heterocycles. The molecule has 1 aliphatic rings. The quantitative estimate of drug-likeness (QED) is 0.795. The molecule has 0 unspecified atom stereocenters. The molecule has 86 valence electrons. The van der Waals surface area contributed by atoms with Gasteiger partial charge in [0.15, 0.2) is 0 Å². The number of piperazine rings is 1. The number of hydrogen-bond donors (Lipinski definition) is 2. The molecule has 0 aliphatic carbocycles. The molecule has 0 radical (unpaired) electrons. The van der Waals surface area contributed by atoms with Gasteiger partial charge in [-0.1, -0.05) is 24.3 Å². The van der Waals surface area contributed by atoms with Crippen LogP contribution in [0.5, 0.6) is 0 Å². The summed E-state index contributed by atoms with van der Waals surface area (Å²) in [5.74, 6) is 0. The second kappa shape index (κ2) is 5.68. The summed E-state index contributed by atoms with van der Waals surface area (Å²) in [7, 11) is 0. The van der Waals surface area contributed by atoms with E-state index in [1.807, 2.05) is 6.08 Å². The molecule has 1 aromatic carbocycles. The molecule has 3 heteroatoms. The average Bonchev–Trinajstić information content (AvgIpc) is 2.38. The molecular formula is C13H19N3. The second-order valence-corrected chi connectivity index (χ2v) is 3.97. The van der Waals surface area contributed by atoms with Gasteiger partial charge >= 0.3 is 0 Å². The van der Waals surface area contributed by atoms with Crippen LogP contribution in [0.3, 0.4) is 0 Å². The number of benzene rings is 1. The molecule has 0 atom stereocenters. The number of nitrogens with one attached hydrogen (secondary N) is 1. The Balaban J connectivity index is 2.11. The number of anilines is 1. The lowest BCUT2D eigenvalue weighted by Crippen LogP contribution is -2.43. The van der Waals surface area contributed by atoms with Crippen molar-refractivity contribution in [2.45, 2.75) is 0 Å². The van der Waals surface area contributed by atoms with E-state index in [0.29, 0.717) is 6.54 Å². The van der Waals surface area contributed by atoms with Crippen molar-refractivity contribution >= 4 is 11.8 Å². The van der Waals surface area contributed by atoms with Crippen LogP contribution in [-0.2, 0) is 0 Å². The highest BCUT2D eigenvalue weighted by atomic mass is 15.2. The van der Waals surface area contributed by atoms with Crippen LogP contribution in [-0.4, -0.2) is 32.7 Å². The maximum Gasteiger partial charge on any atom is 0.0373 e. The highest BCUT2D eigenvalue weighted by molar-refractivity contribution is 5.58. The van der Waals surface area contributed by atoms with Gasteiger partial charge in [-0.05, 0) is 17.7 Å². The minimum absolute atomic E-state index is 0.595. The van der Waals surface area contributed by atoms with Gasteiger partial charge in [-0.2, -0.15) is 0 Å². The summed E-state index contributed by atoms with van der Waals surface area (Å²) in [5.41, 5.74) is 7.98. The van der Waals surface area contributed by atoms with E-state index in [1.54, 1.807) is 0 Å². The zero-order chi connectivity index (χ0) is 11.2. The van der Waals surface area contributed by atoms with E-state index in [-0.39, 0.29) is 0 Å². The van der Waals surface area contributed by atoms with Gasteiger partial charge in [0.2, 0.25) is 0 Å². The standard InChI is InChI=1S/C13H19N3/c14-6-2-4-12-3-1-5-13(11-12)16-9-7-15-8-10-16/h1-5,11,15H,6-10,14H2. The summed E-state index contributed by atoms with van der Waals surface area (Å²) in [5, 5.41) is 3.36. The van der Waals surface area contributed by atoms with Crippen molar-refractivity contribution in [3.05, 3.63) is 35.9 Å². The Morgan fingerprint density at radius 3 is 2.88 bits per heavy atom. The predicted molar refractivity (Wildman–Crippen MR) is 69.6 cm³/mol. The Hall–Kier alpha value is -1.32. The van der Waals surface area contributed by atoms with Crippen molar-refractivity contribution in [2.75, 3.05) is 37.6 Å². The topological polar surface area (TPSA) is 41.3 Å². The van der Waals surface area contributed by atoms with Crippen LogP contribution in [0.25, 0.3) is 6.08 Å². The van der Waals surface area contributed by atoms with Crippen molar-refractivity contribution in [2.24, 2.45) is 5.73 Å². The Morgan fingerprint density at radius 1 is 1.31 bits per heavy atom. The number of rotatable bonds is 3. The van der Waals surface area contributed by atoms with Crippen molar-refractivity contribution in [1.29, 1.82) is 0 Å².